The van der Waals surface area contributed by atoms with Crippen LogP contribution in [0, 0.1) is 11.3 Å². The van der Waals surface area contributed by atoms with Crippen molar-refractivity contribution < 1.29 is 9.53 Å². The Morgan fingerprint density at radius 1 is 1.18 bits per heavy atom. The summed E-state index contributed by atoms with van der Waals surface area (Å²) in [7, 11) is 0. The lowest BCUT2D eigenvalue weighted by Gasteiger charge is -2.07. The Morgan fingerprint density at radius 2 is 2.00 bits per heavy atom. The first-order valence-corrected chi connectivity index (χ1v) is 8.93. The number of nitrogens with zero attached hydrogens (tertiary/aromatic N) is 3. The maximum Gasteiger partial charge on any atom is 0.261 e. The average Bonchev–Trinajstić information content (AvgIpc) is 3.24. The molecule has 0 saturated heterocycles. The van der Waals surface area contributed by atoms with Gasteiger partial charge in [-0.1, -0.05) is 30.3 Å². The molecule has 0 spiro atoms. The molecular weight excluding hydrogens is 352 g/mol. The molecule has 0 unspecified atom stereocenters. The van der Waals surface area contributed by atoms with Gasteiger partial charge in [0.2, 0.25) is 0 Å². The normalized spacial score (nSPS) is 10.9. The summed E-state index contributed by atoms with van der Waals surface area (Å²) < 4.78 is 7.73. The summed E-state index contributed by atoms with van der Waals surface area (Å²) in [6.07, 6.45) is 7.62. The van der Waals surface area contributed by atoms with Crippen LogP contribution in [0.1, 0.15) is 12.0 Å². The van der Waals surface area contributed by atoms with Gasteiger partial charge >= 0.3 is 0 Å². The largest absolute Gasteiger partial charge is 0.457 e. The van der Waals surface area contributed by atoms with Crippen molar-refractivity contribution in [1.29, 1.82) is 5.26 Å². The van der Waals surface area contributed by atoms with Gasteiger partial charge < -0.3 is 14.6 Å². The molecule has 6 heteroatoms. The molecule has 0 saturated carbocycles. The lowest BCUT2D eigenvalue weighted by Crippen LogP contribution is -2.26. The number of imidazole rings is 1. The fraction of sp³-hybridized carbons (Fsp3) is 0.136. The zero-order valence-corrected chi connectivity index (χ0v) is 15.3. The zero-order valence-electron chi connectivity index (χ0n) is 15.3. The standard InChI is InChI=1S/C22H20N4O2/c23-16-19(22(27)25-10-5-12-26-13-11-24-17-26)14-18-6-4-9-21(15-18)28-20-7-2-1-3-8-20/h1-4,6-9,11,13-15,17H,5,10,12H2,(H,25,27)/b19-14+. The van der Waals surface area contributed by atoms with Crippen LogP contribution >= 0.6 is 0 Å². The Morgan fingerprint density at radius 3 is 2.75 bits per heavy atom. The smallest absolute Gasteiger partial charge is 0.261 e. The number of para-hydroxylation sites is 1. The van der Waals surface area contributed by atoms with Gasteiger partial charge in [-0.15, -0.1) is 0 Å². The van der Waals surface area contributed by atoms with E-state index in [2.05, 4.69) is 10.3 Å². The quantitative estimate of drug-likeness (QED) is 0.371. The number of rotatable bonds is 8. The zero-order chi connectivity index (χ0) is 19.6. The molecule has 1 heterocycles. The first kappa shape index (κ1) is 18.9. The highest BCUT2D eigenvalue weighted by Gasteiger charge is 2.08. The second kappa shape index (κ2) is 9.74. The van der Waals surface area contributed by atoms with Crippen LogP contribution in [0.3, 0.4) is 0 Å². The number of carbonyl (C=O) groups excluding carboxylic acids is 1. The van der Waals surface area contributed by atoms with Crippen LogP contribution in [-0.4, -0.2) is 22.0 Å². The maximum atomic E-state index is 12.3. The van der Waals surface area contributed by atoms with E-state index in [1.54, 1.807) is 24.7 Å². The molecule has 6 nitrogen and oxygen atoms in total. The molecule has 0 aliphatic rings. The predicted octanol–water partition coefficient (Wildman–Crippen LogP) is 3.79. The van der Waals surface area contributed by atoms with Crippen LogP contribution in [-0.2, 0) is 11.3 Å². The second-order valence-electron chi connectivity index (χ2n) is 6.07. The number of nitriles is 1. The highest BCUT2D eigenvalue weighted by molar-refractivity contribution is 6.01. The van der Waals surface area contributed by atoms with Crippen LogP contribution in [0.2, 0.25) is 0 Å². The number of nitrogens with one attached hydrogen (secondary N) is 1. The number of amides is 1. The summed E-state index contributed by atoms with van der Waals surface area (Å²) in [6.45, 7) is 1.23. The number of carbonyl (C=O) groups is 1. The highest BCUT2D eigenvalue weighted by atomic mass is 16.5. The number of aryl methyl sites for hydroxylation is 1. The van der Waals surface area contributed by atoms with E-state index in [0.29, 0.717) is 12.3 Å². The minimum absolute atomic E-state index is 0.0551. The SMILES string of the molecule is N#C/C(=C\c1cccc(Oc2ccccc2)c1)C(=O)NCCCn1ccnc1. The molecule has 28 heavy (non-hydrogen) atoms. The van der Waals surface area contributed by atoms with Gasteiger partial charge in [-0.25, -0.2) is 4.98 Å². The summed E-state index contributed by atoms with van der Waals surface area (Å²) in [5.74, 6) is 0.972. The fourth-order valence-electron chi connectivity index (χ4n) is 2.59. The van der Waals surface area contributed by atoms with E-state index in [4.69, 9.17) is 4.74 Å². The van der Waals surface area contributed by atoms with Crippen molar-refractivity contribution in [3.63, 3.8) is 0 Å². The molecule has 3 rings (SSSR count). The molecular formula is C22H20N4O2. The number of benzene rings is 2. The highest BCUT2D eigenvalue weighted by Crippen LogP contribution is 2.22. The minimum Gasteiger partial charge on any atom is -0.457 e. The fourth-order valence-corrected chi connectivity index (χ4v) is 2.59. The lowest BCUT2D eigenvalue weighted by molar-refractivity contribution is -0.117. The first-order chi connectivity index (χ1) is 13.7. The van der Waals surface area contributed by atoms with Crippen LogP contribution in [0.25, 0.3) is 6.08 Å². The van der Waals surface area contributed by atoms with Crippen molar-refractivity contribution in [1.82, 2.24) is 14.9 Å². The van der Waals surface area contributed by atoms with Gasteiger partial charge in [-0.2, -0.15) is 5.26 Å². The summed E-state index contributed by atoms with van der Waals surface area (Å²) >= 11 is 0. The minimum atomic E-state index is -0.387. The van der Waals surface area contributed by atoms with Crippen LogP contribution < -0.4 is 10.1 Å². The van der Waals surface area contributed by atoms with Crippen LogP contribution in [0.15, 0.2) is 78.9 Å². The number of hydrogen-bond acceptors (Lipinski definition) is 4. The molecule has 1 aromatic heterocycles. The first-order valence-electron chi connectivity index (χ1n) is 8.93. The Kier molecular flexibility index (Phi) is 6.58. The van der Waals surface area contributed by atoms with Crippen molar-refractivity contribution in [2.75, 3.05) is 6.54 Å². The van der Waals surface area contributed by atoms with Crippen molar-refractivity contribution >= 4 is 12.0 Å². The number of ether oxygens (including phenoxy) is 1. The topological polar surface area (TPSA) is 79.9 Å². The third-order valence-electron chi connectivity index (χ3n) is 3.95. The van der Waals surface area contributed by atoms with E-state index in [0.717, 1.165) is 24.3 Å². The molecule has 3 aromatic rings. The molecule has 0 atom stereocenters. The average molecular weight is 372 g/mol. The van der Waals surface area contributed by atoms with Crippen LogP contribution in [0.5, 0.6) is 11.5 Å². The molecule has 140 valence electrons. The summed E-state index contributed by atoms with van der Waals surface area (Å²) in [6, 6.07) is 18.6. The molecule has 2 aromatic carbocycles. The molecule has 0 radical (unpaired) electrons. The maximum absolute atomic E-state index is 12.3. The Labute approximate surface area is 163 Å². The Balaban J connectivity index is 1.59. The lowest BCUT2D eigenvalue weighted by atomic mass is 10.1. The molecule has 0 aliphatic heterocycles. The van der Waals surface area contributed by atoms with E-state index >= 15 is 0 Å². The monoisotopic (exact) mass is 372 g/mol. The third kappa shape index (κ3) is 5.58. The Hall–Kier alpha value is -3.85. The van der Waals surface area contributed by atoms with E-state index in [9.17, 15) is 10.1 Å². The van der Waals surface area contributed by atoms with Gasteiger partial charge in [-0.05, 0) is 42.3 Å². The van der Waals surface area contributed by atoms with Gasteiger partial charge in [0.25, 0.3) is 5.91 Å². The summed E-state index contributed by atoms with van der Waals surface area (Å²) in [5.41, 5.74) is 0.776. The van der Waals surface area contributed by atoms with E-state index in [-0.39, 0.29) is 11.5 Å². The molecule has 1 N–H and O–H groups in total. The summed E-state index contributed by atoms with van der Waals surface area (Å²) in [5, 5.41) is 12.1. The van der Waals surface area contributed by atoms with Crippen molar-refractivity contribution in [3.8, 4) is 17.6 Å². The Bertz CT molecular complexity index is 973. The van der Waals surface area contributed by atoms with Crippen LogP contribution in [0.4, 0.5) is 0 Å². The summed E-state index contributed by atoms with van der Waals surface area (Å²) in [4.78, 5) is 16.2. The van der Waals surface area contributed by atoms with Gasteiger partial charge in [-0.3, -0.25) is 4.79 Å². The predicted molar refractivity (Wildman–Crippen MR) is 106 cm³/mol. The van der Waals surface area contributed by atoms with Gasteiger partial charge in [0.15, 0.2) is 0 Å². The van der Waals surface area contributed by atoms with Crippen molar-refractivity contribution in [2.45, 2.75) is 13.0 Å². The van der Waals surface area contributed by atoms with Crippen molar-refractivity contribution in [2.24, 2.45) is 0 Å². The molecule has 0 aliphatic carbocycles. The van der Waals surface area contributed by atoms with E-state index in [1.807, 2.05) is 65.4 Å². The van der Waals surface area contributed by atoms with E-state index in [1.165, 1.54) is 0 Å². The van der Waals surface area contributed by atoms with Gasteiger partial charge in [0, 0.05) is 25.5 Å². The number of hydrogen-bond donors (Lipinski definition) is 1. The second-order valence-corrected chi connectivity index (χ2v) is 6.07. The van der Waals surface area contributed by atoms with Gasteiger partial charge in [0.1, 0.15) is 23.1 Å². The van der Waals surface area contributed by atoms with Crippen molar-refractivity contribution in [3.05, 3.63) is 84.5 Å². The molecule has 0 bridgehead atoms. The molecule has 1 amide bonds. The van der Waals surface area contributed by atoms with Gasteiger partial charge in [0.05, 0.1) is 6.33 Å². The number of aromatic nitrogens is 2. The molecule has 0 fully saturated rings. The van der Waals surface area contributed by atoms with E-state index < -0.39 is 0 Å². The third-order valence-corrected chi connectivity index (χ3v) is 3.95.